The summed E-state index contributed by atoms with van der Waals surface area (Å²) in [4.78, 5) is 31.2. The number of benzene rings is 2. The average molecular weight is 436 g/mol. The number of hydrogen-bond acceptors (Lipinski definition) is 5. The molecule has 2 amide bonds. The molecule has 5 nitrogen and oxygen atoms in total. The Balaban J connectivity index is 1.23. The van der Waals surface area contributed by atoms with Gasteiger partial charge >= 0.3 is 0 Å². The van der Waals surface area contributed by atoms with Crippen molar-refractivity contribution in [3.8, 4) is 10.6 Å². The van der Waals surface area contributed by atoms with Gasteiger partial charge in [0.25, 0.3) is 5.91 Å². The topological polar surface area (TPSA) is 71.1 Å². The number of aromatic nitrogens is 1. The summed E-state index contributed by atoms with van der Waals surface area (Å²) in [5.41, 5.74) is 1.55. The van der Waals surface area contributed by atoms with E-state index < -0.39 is 0 Å². The molecule has 4 aromatic rings. The second-order valence-corrected chi connectivity index (χ2v) is 9.09. The van der Waals surface area contributed by atoms with Crippen LogP contribution in [0.1, 0.15) is 20.2 Å². The number of thiazole rings is 1. The molecule has 152 valence electrons. The minimum absolute atomic E-state index is 0.0422. The second kappa shape index (κ2) is 9.19. The molecular formula is C23H21N3O2S2. The van der Waals surface area contributed by atoms with E-state index in [9.17, 15) is 9.59 Å². The molecule has 0 spiro atoms. The largest absolute Gasteiger partial charge is 0.354 e. The molecule has 0 bridgehead atoms. The zero-order chi connectivity index (χ0) is 20.9. The highest BCUT2D eigenvalue weighted by molar-refractivity contribution is 7.16. The van der Waals surface area contributed by atoms with Crippen LogP contribution in [-0.2, 0) is 11.2 Å². The summed E-state index contributed by atoms with van der Waals surface area (Å²) in [6, 6.07) is 17.5. The first-order valence-electron chi connectivity index (χ1n) is 9.63. The SMILES string of the molecule is Cc1nc(-c2ccc(CCNC(=O)CNC(=O)c3ccc4ccccc4c3)s2)cs1. The number of hydrogen-bond donors (Lipinski definition) is 2. The van der Waals surface area contributed by atoms with E-state index in [2.05, 4.69) is 33.1 Å². The summed E-state index contributed by atoms with van der Waals surface area (Å²) in [5.74, 6) is -0.451. The highest BCUT2D eigenvalue weighted by atomic mass is 32.1. The molecule has 0 saturated carbocycles. The van der Waals surface area contributed by atoms with Gasteiger partial charge in [0, 0.05) is 22.4 Å². The van der Waals surface area contributed by atoms with Gasteiger partial charge in [0.1, 0.15) is 0 Å². The van der Waals surface area contributed by atoms with Gasteiger partial charge < -0.3 is 10.6 Å². The Kier molecular flexibility index (Phi) is 6.21. The van der Waals surface area contributed by atoms with Crippen LogP contribution in [0.15, 0.2) is 60.0 Å². The normalized spacial score (nSPS) is 10.8. The van der Waals surface area contributed by atoms with Crippen molar-refractivity contribution in [3.63, 3.8) is 0 Å². The quantitative estimate of drug-likeness (QED) is 0.451. The fraction of sp³-hybridized carbons (Fsp3) is 0.174. The summed E-state index contributed by atoms with van der Waals surface area (Å²) >= 11 is 3.33. The number of amides is 2. The Labute approximate surface area is 182 Å². The van der Waals surface area contributed by atoms with E-state index in [-0.39, 0.29) is 18.4 Å². The van der Waals surface area contributed by atoms with Gasteiger partial charge in [0.05, 0.1) is 22.1 Å². The molecule has 0 aliphatic carbocycles. The van der Waals surface area contributed by atoms with Gasteiger partial charge in [-0.25, -0.2) is 4.98 Å². The Bertz CT molecular complexity index is 1200. The minimum atomic E-state index is -0.252. The molecule has 2 heterocycles. The molecule has 2 aromatic carbocycles. The van der Waals surface area contributed by atoms with Crippen LogP contribution < -0.4 is 10.6 Å². The predicted molar refractivity (Wildman–Crippen MR) is 123 cm³/mol. The molecular weight excluding hydrogens is 414 g/mol. The van der Waals surface area contributed by atoms with Gasteiger partial charge in [-0.1, -0.05) is 30.3 Å². The van der Waals surface area contributed by atoms with Crippen molar-refractivity contribution >= 4 is 45.3 Å². The van der Waals surface area contributed by atoms with E-state index in [0.717, 1.165) is 32.8 Å². The standard InChI is InChI=1S/C23H21N3O2S2/c1-15-26-20(14-29-15)21-9-8-19(30-21)10-11-24-22(27)13-25-23(28)18-7-6-16-4-2-3-5-17(16)12-18/h2-9,12,14H,10-11,13H2,1H3,(H,24,27)(H,25,28). The molecule has 0 atom stereocenters. The number of nitrogens with one attached hydrogen (secondary N) is 2. The third-order valence-corrected chi connectivity index (χ3v) is 6.59. The Morgan fingerprint density at radius 1 is 1.00 bits per heavy atom. The Hall–Kier alpha value is -3.03. The van der Waals surface area contributed by atoms with Crippen molar-refractivity contribution in [2.45, 2.75) is 13.3 Å². The maximum Gasteiger partial charge on any atom is 0.251 e. The molecule has 0 saturated heterocycles. The maximum atomic E-state index is 12.3. The lowest BCUT2D eigenvalue weighted by atomic mass is 10.1. The number of rotatable bonds is 7. The molecule has 0 aliphatic rings. The van der Waals surface area contributed by atoms with E-state index >= 15 is 0 Å². The molecule has 7 heteroatoms. The molecule has 0 aliphatic heterocycles. The summed E-state index contributed by atoms with van der Waals surface area (Å²) < 4.78 is 0. The molecule has 30 heavy (non-hydrogen) atoms. The fourth-order valence-corrected chi connectivity index (χ4v) is 4.76. The van der Waals surface area contributed by atoms with Crippen LogP contribution in [-0.4, -0.2) is 29.9 Å². The lowest BCUT2D eigenvalue weighted by molar-refractivity contribution is -0.120. The van der Waals surface area contributed by atoms with Gasteiger partial charge in [-0.3, -0.25) is 9.59 Å². The van der Waals surface area contributed by atoms with Gasteiger partial charge in [0.2, 0.25) is 5.91 Å². The van der Waals surface area contributed by atoms with Crippen molar-refractivity contribution in [2.75, 3.05) is 13.1 Å². The zero-order valence-corrected chi connectivity index (χ0v) is 18.1. The number of thiophene rings is 1. The number of aryl methyl sites for hydroxylation is 1. The molecule has 0 unspecified atom stereocenters. The van der Waals surface area contributed by atoms with Gasteiger partial charge in [-0.05, 0) is 48.4 Å². The number of carbonyl (C=O) groups is 2. The fourth-order valence-electron chi connectivity index (χ4n) is 3.11. The van der Waals surface area contributed by atoms with Crippen molar-refractivity contribution in [1.29, 1.82) is 0 Å². The van der Waals surface area contributed by atoms with E-state index in [1.807, 2.05) is 43.3 Å². The van der Waals surface area contributed by atoms with Crippen LogP contribution in [0.5, 0.6) is 0 Å². The molecule has 0 radical (unpaired) electrons. The van der Waals surface area contributed by atoms with Crippen molar-refractivity contribution in [1.82, 2.24) is 15.6 Å². The van der Waals surface area contributed by atoms with Gasteiger partial charge in [-0.2, -0.15) is 0 Å². The summed E-state index contributed by atoms with van der Waals surface area (Å²) in [5, 5.41) is 10.7. The van der Waals surface area contributed by atoms with E-state index in [1.54, 1.807) is 28.7 Å². The lowest BCUT2D eigenvalue weighted by Crippen LogP contribution is -2.37. The first kappa shape index (κ1) is 20.3. The van der Waals surface area contributed by atoms with Gasteiger partial charge in [-0.15, -0.1) is 22.7 Å². The van der Waals surface area contributed by atoms with Gasteiger partial charge in [0.15, 0.2) is 0 Å². The highest BCUT2D eigenvalue weighted by Gasteiger charge is 2.10. The van der Waals surface area contributed by atoms with Crippen LogP contribution in [0.3, 0.4) is 0 Å². The monoisotopic (exact) mass is 435 g/mol. The Morgan fingerprint density at radius 2 is 1.83 bits per heavy atom. The smallest absolute Gasteiger partial charge is 0.251 e. The van der Waals surface area contributed by atoms with Crippen molar-refractivity contribution < 1.29 is 9.59 Å². The highest BCUT2D eigenvalue weighted by Crippen LogP contribution is 2.29. The maximum absolute atomic E-state index is 12.3. The first-order valence-corrected chi connectivity index (χ1v) is 11.3. The second-order valence-electron chi connectivity index (χ2n) is 6.86. The molecule has 0 fully saturated rings. The van der Waals surface area contributed by atoms with Crippen molar-refractivity contribution in [3.05, 3.63) is 75.4 Å². The number of fused-ring (bicyclic) bond motifs is 1. The van der Waals surface area contributed by atoms with Crippen LogP contribution in [0.4, 0.5) is 0 Å². The van der Waals surface area contributed by atoms with Crippen LogP contribution >= 0.6 is 22.7 Å². The third kappa shape index (κ3) is 4.93. The molecule has 2 N–H and O–H groups in total. The van der Waals surface area contributed by atoms with E-state index in [0.29, 0.717) is 12.1 Å². The molecule has 2 aromatic heterocycles. The van der Waals surface area contributed by atoms with Crippen LogP contribution in [0.2, 0.25) is 0 Å². The first-order chi connectivity index (χ1) is 14.6. The predicted octanol–water partition coefficient (Wildman–Crippen LogP) is 4.42. The summed E-state index contributed by atoms with van der Waals surface area (Å²) in [7, 11) is 0. The molecule has 4 rings (SSSR count). The third-order valence-electron chi connectivity index (χ3n) is 4.65. The lowest BCUT2D eigenvalue weighted by Gasteiger charge is -2.07. The van der Waals surface area contributed by atoms with Crippen LogP contribution in [0, 0.1) is 6.92 Å². The Morgan fingerprint density at radius 3 is 2.63 bits per heavy atom. The number of nitrogens with zero attached hydrogens (tertiary/aromatic N) is 1. The van der Waals surface area contributed by atoms with Crippen LogP contribution in [0.25, 0.3) is 21.3 Å². The number of carbonyl (C=O) groups excluding carboxylic acids is 2. The average Bonchev–Trinajstić information content (AvgIpc) is 3.40. The van der Waals surface area contributed by atoms with Crippen molar-refractivity contribution in [2.24, 2.45) is 0 Å². The summed E-state index contributed by atoms with van der Waals surface area (Å²) in [6.45, 7) is 2.48. The minimum Gasteiger partial charge on any atom is -0.354 e. The van der Waals surface area contributed by atoms with E-state index in [1.165, 1.54) is 4.88 Å². The summed E-state index contributed by atoms with van der Waals surface area (Å²) in [6.07, 6.45) is 0.748. The zero-order valence-electron chi connectivity index (χ0n) is 16.5. The van der Waals surface area contributed by atoms with E-state index in [4.69, 9.17) is 0 Å².